The number of aliphatic hydroxyl groups is 1. The second-order valence-corrected chi connectivity index (χ2v) is 5.83. The van der Waals surface area contributed by atoms with E-state index in [4.69, 9.17) is 11.6 Å². The van der Waals surface area contributed by atoms with E-state index in [1.807, 2.05) is 38.2 Å². The van der Waals surface area contributed by atoms with Gasteiger partial charge in [0.1, 0.15) is 0 Å². The van der Waals surface area contributed by atoms with Crippen molar-refractivity contribution in [2.24, 2.45) is 0 Å². The second kappa shape index (κ2) is 6.50. The van der Waals surface area contributed by atoms with E-state index in [-0.39, 0.29) is 18.9 Å². The highest BCUT2D eigenvalue weighted by molar-refractivity contribution is 6.31. The SMILES string of the molecule is CCC(O)(CC)CNC(=O)Cc1c[nH]c2cc(Cl)ccc12. The van der Waals surface area contributed by atoms with Gasteiger partial charge in [0.25, 0.3) is 0 Å². The van der Waals surface area contributed by atoms with E-state index in [1.54, 1.807) is 0 Å². The quantitative estimate of drug-likeness (QED) is 0.768. The van der Waals surface area contributed by atoms with Crippen molar-refractivity contribution in [2.45, 2.75) is 38.7 Å². The fourth-order valence-corrected chi connectivity index (χ4v) is 2.48. The number of hydrogen-bond acceptors (Lipinski definition) is 2. The summed E-state index contributed by atoms with van der Waals surface area (Å²) in [7, 11) is 0. The Hall–Kier alpha value is -1.52. The Labute approximate surface area is 129 Å². The van der Waals surface area contributed by atoms with Crippen molar-refractivity contribution in [3.05, 3.63) is 35.0 Å². The van der Waals surface area contributed by atoms with Crippen LogP contribution in [0.2, 0.25) is 5.02 Å². The van der Waals surface area contributed by atoms with Crippen LogP contribution in [0.25, 0.3) is 10.9 Å². The molecule has 0 radical (unpaired) electrons. The molecular weight excluding hydrogens is 288 g/mol. The molecule has 0 bridgehead atoms. The van der Waals surface area contributed by atoms with E-state index < -0.39 is 5.60 Å². The van der Waals surface area contributed by atoms with E-state index in [1.165, 1.54) is 0 Å². The summed E-state index contributed by atoms with van der Waals surface area (Å²) in [6.07, 6.45) is 3.35. The van der Waals surface area contributed by atoms with Crippen molar-refractivity contribution in [3.63, 3.8) is 0 Å². The molecule has 5 heteroatoms. The van der Waals surface area contributed by atoms with E-state index in [0.29, 0.717) is 17.9 Å². The number of carbonyl (C=O) groups excluding carboxylic acids is 1. The number of rotatable bonds is 6. The van der Waals surface area contributed by atoms with Gasteiger partial charge in [0, 0.05) is 28.7 Å². The highest BCUT2D eigenvalue weighted by Gasteiger charge is 2.22. The smallest absolute Gasteiger partial charge is 0.224 e. The monoisotopic (exact) mass is 308 g/mol. The van der Waals surface area contributed by atoms with Crippen molar-refractivity contribution in [1.82, 2.24) is 10.3 Å². The molecule has 0 unspecified atom stereocenters. The minimum absolute atomic E-state index is 0.0915. The van der Waals surface area contributed by atoms with Crippen LogP contribution in [0.4, 0.5) is 0 Å². The standard InChI is InChI=1S/C16H21ClN2O2/c1-3-16(21,4-2)10-19-15(20)7-11-9-18-14-8-12(17)5-6-13(11)14/h5-6,8-9,18,21H,3-4,7,10H2,1-2H3,(H,19,20). The molecule has 1 heterocycles. The molecule has 1 amide bonds. The number of H-pyrrole nitrogens is 1. The van der Waals surface area contributed by atoms with Crippen molar-refractivity contribution in [3.8, 4) is 0 Å². The number of halogens is 1. The van der Waals surface area contributed by atoms with Gasteiger partial charge in [-0.15, -0.1) is 0 Å². The molecule has 1 aromatic heterocycles. The third-order valence-electron chi connectivity index (χ3n) is 4.01. The van der Waals surface area contributed by atoms with Crippen LogP contribution in [-0.2, 0) is 11.2 Å². The highest BCUT2D eigenvalue weighted by atomic mass is 35.5. The van der Waals surface area contributed by atoms with Crippen molar-refractivity contribution in [1.29, 1.82) is 0 Å². The molecule has 0 saturated carbocycles. The van der Waals surface area contributed by atoms with Crippen LogP contribution in [0.5, 0.6) is 0 Å². The van der Waals surface area contributed by atoms with Crippen molar-refractivity contribution in [2.75, 3.05) is 6.54 Å². The summed E-state index contributed by atoms with van der Waals surface area (Å²) in [4.78, 5) is 15.2. The fourth-order valence-electron chi connectivity index (χ4n) is 2.30. The minimum Gasteiger partial charge on any atom is -0.388 e. The second-order valence-electron chi connectivity index (χ2n) is 5.39. The number of hydrogen-bond donors (Lipinski definition) is 3. The summed E-state index contributed by atoms with van der Waals surface area (Å²) in [5, 5.41) is 14.6. The zero-order chi connectivity index (χ0) is 15.5. The number of fused-ring (bicyclic) bond motifs is 1. The van der Waals surface area contributed by atoms with E-state index >= 15 is 0 Å². The largest absolute Gasteiger partial charge is 0.388 e. The molecule has 2 rings (SSSR count). The Balaban J connectivity index is 2.02. The third kappa shape index (κ3) is 3.77. The molecule has 0 aliphatic heterocycles. The van der Waals surface area contributed by atoms with Gasteiger partial charge in [0.2, 0.25) is 5.91 Å². The Morgan fingerprint density at radius 2 is 2.10 bits per heavy atom. The number of nitrogens with one attached hydrogen (secondary N) is 2. The van der Waals surface area contributed by atoms with Gasteiger partial charge in [0.05, 0.1) is 12.0 Å². The maximum Gasteiger partial charge on any atom is 0.224 e. The van der Waals surface area contributed by atoms with Gasteiger partial charge < -0.3 is 15.4 Å². The van der Waals surface area contributed by atoms with Gasteiger partial charge >= 0.3 is 0 Å². The predicted octanol–water partition coefficient (Wildman–Crippen LogP) is 3.03. The lowest BCUT2D eigenvalue weighted by Crippen LogP contribution is -2.42. The maximum atomic E-state index is 12.0. The van der Waals surface area contributed by atoms with Crippen molar-refractivity contribution < 1.29 is 9.90 Å². The molecule has 114 valence electrons. The van der Waals surface area contributed by atoms with Crippen LogP contribution < -0.4 is 5.32 Å². The molecule has 1 aromatic carbocycles. The Kier molecular flexibility index (Phi) is 4.91. The molecule has 21 heavy (non-hydrogen) atoms. The molecule has 0 fully saturated rings. The average molecular weight is 309 g/mol. The Morgan fingerprint density at radius 3 is 2.76 bits per heavy atom. The first-order valence-corrected chi connectivity index (χ1v) is 7.60. The molecule has 0 spiro atoms. The summed E-state index contributed by atoms with van der Waals surface area (Å²) < 4.78 is 0. The van der Waals surface area contributed by atoms with Crippen LogP contribution in [0.3, 0.4) is 0 Å². The van der Waals surface area contributed by atoms with Crippen LogP contribution in [-0.4, -0.2) is 28.1 Å². The third-order valence-corrected chi connectivity index (χ3v) is 4.25. The first-order chi connectivity index (χ1) is 9.97. The van der Waals surface area contributed by atoms with Gasteiger partial charge in [-0.25, -0.2) is 0 Å². The van der Waals surface area contributed by atoms with Crippen LogP contribution in [0.1, 0.15) is 32.3 Å². The molecule has 0 saturated heterocycles. The predicted molar refractivity (Wildman–Crippen MR) is 85.6 cm³/mol. The summed E-state index contributed by atoms with van der Waals surface area (Å²) in [5.74, 6) is -0.0915. The summed E-state index contributed by atoms with van der Waals surface area (Å²) in [5.41, 5.74) is 1.03. The Morgan fingerprint density at radius 1 is 1.38 bits per heavy atom. The molecule has 0 aliphatic carbocycles. The van der Waals surface area contributed by atoms with E-state index in [9.17, 15) is 9.90 Å². The maximum absolute atomic E-state index is 12.0. The summed E-state index contributed by atoms with van der Waals surface area (Å²) in [6, 6.07) is 5.56. The molecule has 4 nitrogen and oxygen atoms in total. The summed E-state index contributed by atoms with van der Waals surface area (Å²) >= 11 is 5.94. The molecule has 0 aliphatic rings. The average Bonchev–Trinajstić information content (AvgIpc) is 2.87. The normalized spacial score (nSPS) is 11.8. The van der Waals surface area contributed by atoms with E-state index in [0.717, 1.165) is 16.5 Å². The van der Waals surface area contributed by atoms with Gasteiger partial charge in [-0.1, -0.05) is 31.5 Å². The lowest BCUT2D eigenvalue weighted by Gasteiger charge is -2.25. The molecular formula is C16H21ClN2O2. The first kappa shape index (κ1) is 15.9. The number of amides is 1. The van der Waals surface area contributed by atoms with Crippen LogP contribution >= 0.6 is 11.6 Å². The molecule has 0 atom stereocenters. The zero-order valence-electron chi connectivity index (χ0n) is 12.4. The van der Waals surface area contributed by atoms with E-state index in [2.05, 4.69) is 10.3 Å². The lowest BCUT2D eigenvalue weighted by molar-refractivity contribution is -0.121. The van der Waals surface area contributed by atoms with Gasteiger partial charge in [0.15, 0.2) is 0 Å². The van der Waals surface area contributed by atoms with Gasteiger partial charge in [-0.3, -0.25) is 4.79 Å². The summed E-state index contributed by atoms with van der Waals surface area (Å²) in [6.45, 7) is 4.12. The van der Waals surface area contributed by atoms with Gasteiger partial charge in [-0.2, -0.15) is 0 Å². The zero-order valence-corrected chi connectivity index (χ0v) is 13.1. The Bertz CT molecular complexity index is 632. The molecule has 2 aromatic rings. The highest BCUT2D eigenvalue weighted by Crippen LogP contribution is 2.22. The van der Waals surface area contributed by atoms with Crippen LogP contribution in [0.15, 0.2) is 24.4 Å². The number of carbonyl (C=O) groups is 1. The minimum atomic E-state index is -0.816. The first-order valence-electron chi connectivity index (χ1n) is 7.22. The van der Waals surface area contributed by atoms with Gasteiger partial charge in [-0.05, 0) is 30.5 Å². The number of aromatic amines is 1. The fraction of sp³-hybridized carbons (Fsp3) is 0.438. The number of benzene rings is 1. The lowest BCUT2D eigenvalue weighted by atomic mass is 9.97. The molecule has 3 N–H and O–H groups in total. The van der Waals surface area contributed by atoms with Crippen molar-refractivity contribution >= 4 is 28.4 Å². The topological polar surface area (TPSA) is 65.1 Å². The number of aromatic nitrogens is 1. The van der Waals surface area contributed by atoms with Crippen LogP contribution in [0, 0.1) is 0 Å².